The minimum atomic E-state index is -0.338. The number of benzene rings is 1. The zero-order valence-corrected chi connectivity index (χ0v) is 13.0. The molecular formula is C16H20N2O3. The van der Waals surface area contributed by atoms with Crippen LogP contribution in [0.25, 0.3) is 11.1 Å². The molecular weight excluding hydrogens is 268 g/mol. The Morgan fingerprint density at radius 1 is 1.29 bits per heavy atom. The van der Waals surface area contributed by atoms with Crippen LogP contribution < -0.4 is 10.3 Å². The predicted molar refractivity (Wildman–Crippen MR) is 82.0 cm³/mol. The normalized spacial score (nSPS) is 10.7. The molecule has 0 aliphatic rings. The van der Waals surface area contributed by atoms with Crippen LogP contribution in [0, 0.1) is 13.8 Å². The minimum Gasteiger partial charge on any atom is -0.502 e. The molecule has 1 N–H and O–H groups in total. The molecule has 112 valence electrons. The largest absolute Gasteiger partial charge is 0.502 e. The first kappa shape index (κ1) is 15.1. The molecule has 1 aromatic carbocycles. The molecule has 0 amide bonds. The van der Waals surface area contributed by atoms with Crippen molar-refractivity contribution in [1.82, 2.24) is 9.78 Å². The molecule has 1 aromatic heterocycles. The summed E-state index contributed by atoms with van der Waals surface area (Å²) in [6.45, 7) is 5.98. The lowest BCUT2D eigenvalue weighted by molar-refractivity contribution is 0.345. The summed E-state index contributed by atoms with van der Waals surface area (Å²) in [4.78, 5) is 12.4. The van der Waals surface area contributed by atoms with Gasteiger partial charge in [-0.2, -0.15) is 0 Å². The summed E-state index contributed by atoms with van der Waals surface area (Å²) in [6, 6.07) is 4.04. The highest BCUT2D eigenvalue weighted by Gasteiger charge is 2.21. The summed E-state index contributed by atoms with van der Waals surface area (Å²) in [5, 5.41) is 14.3. The highest BCUT2D eigenvalue weighted by Crippen LogP contribution is 2.36. The lowest BCUT2D eigenvalue weighted by Crippen LogP contribution is -2.22. The third-order valence-corrected chi connectivity index (χ3v) is 3.57. The van der Waals surface area contributed by atoms with E-state index in [1.165, 1.54) is 11.8 Å². The third-order valence-electron chi connectivity index (χ3n) is 3.57. The zero-order valence-electron chi connectivity index (χ0n) is 13.0. The summed E-state index contributed by atoms with van der Waals surface area (Å²) in [7, 11) is 2.96. The van der Waals surface area contributed by atoms with Crippen LogP contribution in [0.1, 0.15) is 23.6 Å². The van der Waals surface area contributed by atoms with E-state index in [-0.39, 0.29) is 22.8 Å². The minimum absolute atomic E-state index is 0.0501. The van der Waals surface area contributed by atoms with Crippen LogP contribution in [-0.2, 0) is 13.5 Å². The molecule has 0 saturated carbocycles. The molecule has 0 bridgehead atoms. The molecule has 0 aliphatic heterocycles. The van der Waals surface area contributed by atoms with Gasteiger partial charge in [0.1, 0.15) is 0 Å². The Labute approximate surface area is 123 Å². The lowest BCUT2D eigenvalue weighted by Gasteiger charge is -2.15. The molecule has 0 fully saturated rings. The Kier molecular flexibility index (Phi) is 4.02. The maximum atomic E-state index is 12.4. The monoisotopic (exact) mass is 288 g/mol. The summed E-state index contributed by atoms with van der Waals surface area (Å²) < 4.78 is 6.25. The highest BCUT2D eigenvalue weighted by molar-refractivity contribution is 5.77. The molecule has 0 radical (unpaired) electrons. The van der Waals surface area contributed by atoms with Crippen LogP contribution in [0.4, 0.5) is 0 Å². The van der Waals surface area contributed by atoms with Gasteiger partial charge in [-0.15, -0.1) is 5.10 Å². The average Bonchev–Trinajstić information content (AvgIpc) is 2.44. The zero-order chi connectivity index (χ0) is 15.7. The van der Waals surface area contributed by atoms with Gasteiger partial charge in [-0.25, -0.2) is 4.68 Å². The number of aromatic hydroxyl groups is 1. The van der Waals surface area contributed by atoms with E-state index in [2.05, 4.69) is 5.10 Å². The smallest absolute Gasteiger partial charge is 0.278 e. The molecule has 2 rings (SSSR count). The van der Waals surface area contributed by atoms with E-state index in [0.717, 1.165) is 28.7 Å². The van der Waals surface area contributed by atoms with Gasteiger partial charge in [0, 0.05) is 7.05 Å². The third kappa shape index (κ3) is 2.51. The number of rotatable bonds is 3. The molecule has 5 heteroatoms. The van der Waals surface area contributed by atoms with Gasteiger partial charge in [-0.3, -0.25) is 4.79 Å². The molecule has 5 nitrogen and oxygen atoms in total. The lowest BCUT2D eigenvalue weighted by atomic mass is 9.92. The van der Waals surface area contributed by atoms with Gasteiger partial charge in [-0.05, 0) is 37.0 Å². The second-order valence-electron chi connectivity index (χ2n) is 5.13. The molecule has 21 heavy (non-hydrogen) atoms. The van der Waals surface area contributed by atoms with Crippen LogP contribution in [0.2, 0.25) is 0 Å². The van der Waals surface area contributed by atoms with E-state index in [1.807, 2.05) is 32.9 Å². The second kappa shape index (κ2) is 5.60. The number of aryl methyl sites for hydroxylation is 4. The molecule has 0 aliphatic carbocycles. The van der Waals surface area contributed by atoms with Gasteiger partial charge in [0.15, 0.2) is 5.75 Å². The van der Waals surface area contributed by atoms with Gasteiger partial charge < -0.3 is 9.84 Å². The summed E-state index contributed by atoms with van der Waals surface area (Å²) >= 11 is 0. The number of hydrogen-bond acceptors (Lipinski definition) is 4. The number of methoxy groups -OCH3 is 1. The van der Waals surface area contributed by atoms with Crippen LogP contribution >= 0.6 is 0 Å². The Morgan fingerprint density at radius 3 is 2.52 bits per heavy atom. The Balaban J connectivity index is 2.91. The first-order valence-electron chi connectivity index (χ1n) is 6.85. The van der Waals surface area contributed by atoms with E-state index < -0.39 is 0 Å². The van der Waals surface area contributed by atoms with Crippen LogP contribution in [-0.4, -0.2) is 22.0 Å². The Bertz CT molecular complexity index is 748. The van der Waals surface area contributed by atoms with Crippen molar-refractivity contribution in [2.24, 2.45) is 7.05 Å². The fourth-order valence-corrected chi connectivity index (χ4v) is 2.65. The number of ether oxygens (including phenoxy) is 1. The van der Waals surface area contributed by atoms with Crippen molar-refractivity contribution in [3.8, 4) is 22.8 Å². The van der Waals surface area contributed by atoms with Crippen LogP contribution in [0.3, 0.4) is 0 Å². The average molecular weight is 288 g/mol. The summed E-state index contributed by atoms with van der Waals surface area (Å²) in [6.07, 6.45) is 0.769. The van der Waals surface area contributed by atoms with Crippen molar-refractivity contribution in [2.45, 2.75) is 27.2 Å². The van der Waals surface area contributed by atoms with E-state index >= 15 is 0 Å². The summed E-state index contributed by atoms with van der Waals surface area (Å²) in [5.41, 5.74) is 3.78. The van der Waals surface area contributed by atoms with E-state index in [4.69, 9.17) is 4.74 Å². The molecule has 0 spiro atoms. The van der Waals surface area contributed by atoms with Gasteiger partial charge in [0.2, 0.25) is 0 Å². The van der Waals surface area contributed by atoms with Crippen molar-refractivity contribution in [1.29, 1.82) is 0 Å². The second-order valence-corrected chi connectivity index (χ2v) is 5.13. The SMILES string of the molecule is CCc1cc(C)cc(C)c1-c1c(O)c(OC)nn(C)c1=O. The van der Waals surface area contributed by atoms with Crippen molar-refractivity contribution in [2.75, 3.05) is 7.11 Å². The van der Waals surface area contributed by atoms with E-state index in [1.54, 1.807) is 7.05 Å². The van der Waals surface area contributed by atoms with Gasteiger partial charge in [0.25, 0.3) is 11.4 Å². The van der Waals surface area contributed by atoms with Crippen molar-refractivity contribution < 1.29 is 9.84 Å². The van der Waals surface area contributed by atoms with Crippen molar-refractivity contribution in [3.63, 3.8) is 0 Å². The number of hydrogen-bond donors (Lipinski definition) is 1. The number of nitrogens with zero attached hydrogens (tertiary/aromatic N) is 2. The predicted octanol–water partition coefficient (Wildman–Crippen LogP) is 2.34. The maximum Gasteiger partial charge on any atom is 0.278 e. The van der Waals surface area contributed by atoms with Crippen LogP contribution in [0.5, 0.6) is 11.6 Å². The van der Waals surface area contributed by atoms with Crippen molar-refractivity contribution in [3.05, 3.63) is 39.2 Å². The Hall–Kier alpha value is -2.30. The Morgan fingerprint density at radius 2 is 1.95 bits per heavy atom. The number of aromatic nitrogens is 2. The standard InChI is InChI=1S/C16H20N2O3/c1-6-11-8-9(2)7-10(3)12(11)13-14(19)15(21-5)17-18(4)16(13)20/h7-8,19H,6H2,1-5H3. The van der Waals surface area contributed by atoms with Crippen LogP contribution in [0.15, 0.2) is 16.9 Å². The molecule has 1 heterocycles. The van der Waals surface area contributed by atoms with Gasteiger partial charge in [0.05, 0.1) is 12.7 Å². The fourth-order valence-electron chi connectivity index (χ4n) is 2.65. The van der Waals surface area contributed by atoms with Crippen molar-refractivity contribution >= 4 is 0 Å². The van der Waals surface area contributed by atoms with Gasteiger partial charge >= 0.3 is 0 Å². The quantitative estimate of drug-likeness (QED) is 0.941. The molecule has 0 atom stereocenters. The summed E-state index contributed by atoms with van der Waals surface area (Å²) in [5.74, 6) is -0.156. The highest BCUT2D eigenvalue weighted by atomic mass is 16.5. The molecule has 0 saturated heterocycles. The molecule has 0 unspecified atom stereocenters. The maximum absolute atomic E-state index is 12.4. The van der Waals surface area contributed by atoms with Gasteiger partial charge in [-0.1, -0.05) is 24.6 Å². The van der Waals surface area contributed by atoms with E-state index in [0.29, 0.717) is 0 Å². The van der Waals surface area contributed by atoms with E-state index in [9.17, 15) is 9.90 Å². The fraction of sp³-hybridized carbons (Fsp3) is 0.375. The topological polar surface area (TPSA) is 64.3 Å². The first-order chi connectivity index (χ1) is 9.90. The first-order valence-corrected chi connectivity index (χ1v) is 6.85. The molecule has 2 aromatic rings.